The van der Waals surface area contributed by atoms with E-state index in [4.69, 9.17) is 0 Å². The van der Waals surface area contributed by atoms with Gasteiger partial charge in [-0.15, -0.1) is 0 Å². The predicted molar refractivity (Wildman–Crippen MR) is 72.6 cm³/mol. The number of carbonyl (C=O) groups excluding carboxylic acids is 2. The van der Waals surface area contributed by atoms with E-state index < -0.39 is 5.92 Å². The summed E-state index contributed by atoms with van der Waals surface area (Å²) in [6.07, 6.45) is 1.45. The van der Waals surface area contributed by atoms with Crippen LogP contribution in [0.25, 0.3) is 0 Å². The Kier molecular flexibility index (Phi) is 5.67. The molecule has 0 saturated carbocycles. The van der Waals surface area contributed by atoms with E-state index in [9.17, 15) is 14.0 Å². The van der Waals surface area contributed by atoms with E-state index in [2.05, 4.69) is 5.32 Å². The van der Waals surface area contributed by atoms with Crippen molar-refractivity contribution in [1.29, 1.82) is 0 Å². The van der Waals surface area contributed by atoms with Gasteiger partial charge in [0.1, 0.15) is 12.1 Å². The first-order valence-electron chi connectivity index (χ1n) is 6.45. The molecule has 0 heterocycles. The summed E-state index contributed by atoms with van der Waals surface area (Å²) in [4.78, 5) is 22.3. The van der Waals surface area contributed by atoms with Crippen LogP contribution in [0.15, 0.2) is 18.2 Å². The van der Waals surface area contributed by atoms with Gasteiger partial charge in [-0.2, -0.15) is 0 Å². The molecule has 0 fully saturated rings. The zero-order valence-corrected chi connectivity index (χ0v) is 11.6. The average Bonchev–Trinajstić information content (AvgIpc) is 2.38. The van der Waals surface area contributed by atoms with Crippen molar-refractivity contribution in [2.75, 3.05) is 7.05 Å². The van der Waals surface area contributed by atoms with Crippen molar-refractivity contribution >= 4 is 12.2 Å². The van der Waals surface area contributed by atoms with Crippen molar-refractivity contribution < 1.29 is 14.0 Å². The van der Waals surface area contributed by atoms with Gasteiger partial charge in [-0.3, -0.25) is 4.79 Å². The highest BCUT2D eigenvalue weighted by atomic mass is 19.1. The molecule has 3 nitrogen and oxygen atoms in total. The molecule has 1 rings (SSSR count). The molecule has 1 atom stereocenters. The molecule has 19 heavy (non-hydrogen) atoms. The number of likely N-dealkylation sites (N-methyl/N-ethyl adjacent to an activating group) is 1. The Morgan fingerprint density at radius 2 is 2.11 bits per heavy atom. The molecule has 0 radical (unpaired) electrons. The Morgan fingerprint density at radius 3 is 2.58 bits per heavy atom. The maximum atomic E-state index is 13.9. The summed E-state index contributed by atoms with van der Waals surface area (Å²) in [5, 5.41) is 2.55. The van der Waals surface area contributed by atoms with Gasteiger partial charge in [0.25, 0.3) is 0 Å². The summed E-state index contributed by atoms with van der Waals surface area (Å²) in [7, 11) is 1.54. The third-order valence-electron chi connectivity index (χ3n) is 3.18. The average molecular weight is 265 g/mol. The Labute approximate surface area is 113 Å². The lowest BCUT2D eigenvalue weighted by molar-refractivity contribution is -0.122. The molecule has 0 aliphatic rings. The standard InChI is InChI=1S/C15H20FNO2/c1-10(2)12-7-6-11(9-14(12)16)13(5-4-8-18)15(19)17-3/h6-10,13H,4-5H2,1-3H3,(H,17,19). The quantitative estimate of drug-likeness (QED) is 0.804. The van der Waals surface area contributed by atoms with Crippen LogP contribution in [0, 0.1) is 5.82 Å². The maximum absolute atomic E-state index is 13.9. The van der Waals surface area contributed by atoms with Crippen molar-refractivity contribution in [3.63, 3.8) is 0 Å². The molecule has 0 aliphatic carbocycles. The molecule has 0 aromatic heterocycles. The number of nitrogens with one attached hydrogen (secondary N) is 1. The number of amides is 1. The van der Waals surface area contributed by atoms with Crippen LogP contribution in [-0.4, -0.2) is 19.2 Å². The van der Waals surface area contributed by atoms with Crippen molar-refractivity contribution in [2.24, 2.45) is 0 Å². The summed E-state index contributed by atoms with van der Waals surface area (Å²) < 4.78 is 13.9. The van der Waals surface area contributed by atoms with Gasteiger partial charge >= 0.3 is 0 Å². The Balaban J connectivity index is 3.05. The SMILES string of the molecule is CNC(=O)C(CCC=O)c1ccc(C(C)C)c(F)c1. The summed E-state index contributed by atoms with van der Waals surface area (Å²) in [6, 6.07) is 4.88. The third kappa shape index (κ3) is 3.88. The summed E-state index contributed by atoms with van der Waals surface area (Å²) in [5.41, 5.74) is 1.25. The monoisotopic (exact) mass is 265 g/mol. The first-order chi connectivity index (χ1) is 9.01. The van der Waals surface area contributed by atoms with Crippen LogP contribution in [0.1, 0.15) is 49.7 Å². The Bertz CT molecular complexity index is 457. The van der Waals surface area contributed by atoms with Gasteiger partial charge in [0.15, 0.2) is 0 Å². The van der Waals surface area contributed by atoms with Crippen molar-refractivity contribution in [3.05, 3.63) is 35.1 Å². The molecule has 0 saturated heterocycles. The normalized spacial score (nSPS) is 12.3. The lowest BCUT2D eigenvalue weighted by Crippen LogP contribution is -2.26. The van der Waals surface area contributed by atoms with Gasteiger partial charge in [0.2, 0.25) is 5.91 Å². The van der Waals surface area contributed by atoms with Crippen LogP contribution in [-0.2, 0) is 9.59 Å². The number of hydrogen-bond acceptors (Lipinski definition) is 2. The molecule has 1 amide bonds. The topological polar surface area (TPSA) is 46.2 Å². The van der Waals surface area contributed by atoms with Crippen LogP contribution >= 0.6 is 0 Å². The second-order valence-corrected chi connectivity index (χ2v) is 4.85. The molecule has 104 valence electrons. The fourth-order valence-electron chi connectivity index (χ4n) is 2.09. The summed E-state index contributed by atoms with van der Waals surface area (Å²) >= 11 is 0. The number of hydrogen-bond donors (Lipinski definition) is 1. The molecule has 0 aliphatic heterocycles. The van der Waals surface area contributed by atoms with Crippen LogP contribution in [0.2, 0.25) is 0 Å². The lowest BCUT2D eigenvalue weighted by Gasteiger charge is -2.16. The van der Waals surface area contributed by atoms with E-state index in [-0.39, 0.29) is 24.1 Å². The number of benzene rings is 1. The number of aldehydes is 1. The fourth-order valence-corrected chi connectivity index (χ4v) is 2.09. The highest BCUT2D eigenvalue weighted by Gasteiger charge is 2.20. The second kappa shape index (κ2) is 7.02. The molecule has 0 bridgehead atoms. The fraction of sp³-hybridized carbons (Fsp3) is 0.467. The van der Waals surface area contributed by atoms with Crippen molar-refractivity contribution in [1.82, 2.24) is 5.32 Å². The van der Waals surface area contributed by atoms with Gasteiger partial charge < -0.3 is 10.1 Å². The van der Waals surface area contributed by atoms with Crippen LogP contribution in [0.5, 0.6) is 0 Å². The largest absolute Gasteiger partial charge is 0.359 e. The number of halogens is 1. The summed E-state index contributed by atoms with van der Waals surface area (Å²) in [5.74, 6) is -0.876. The first-order valence-corrected chi connectivity index (χ1v) is 6.45. The van der Waals surface area contributed by atoms with E-state index in [0.29, 0.717) is 17.5 Å². The van der Waals surface area contributed by atoms with E-state index in [0.717, 1.165) is 6.29 Å². The number of carbonyl (C=O) groups is 2. The van der Waals surface area contributed by atoms with Crippen molar-refractivity contribution in [3.8, 4) is 0 Å². The maximum Gasteiger partial charge on any atom is 0.227 e. The van der Waals surface area contributed by atoms with E-state index in [1.54, 1.807) is 12.1 Å². The van der Waals surface area contributed by atoms with Gasteiger partial charge in [0.05, 0.1) is 5.92 Å². The Hall–Kier alpha value is -1.71. The molecule has 1 N–H and O–H groups in total. The van der Waals surface area contributed by atoms with Gasteiger partial charge in [-0.05, 0) is 29.5 Å². The van der Waals surface area contributed by atoms with Crippen LogP contribution < -0.4 is 5.32 Å². The van der Waals surface area contributed by atoms with Crippen LogP contribution in [0.4, 0.5) is 4.39 Å². The minimum Gasteiger partial charge on any atom is -0.359 e. The molecular weight excluding hydrogens is 245 g/mol. The molecule has 0 spiro atoms. The zero-order chi connectivity index (χ0) is 14.4. The predicted octanol–water partition coefficient (Wildman–Crippen LogP) is 2.76. The minimum absolute atomic E-state index is 0.0995. The smallest absolute Gasteiger partial charge is 0.227 e. The molecule has 1 aromatic carbocycles. The van der Waals surface area contributed by atoms with Gasteiger partial charge in [-0.25, -0.2) is 4.39 Å². The summed E-state index contributed by atoms with van der Waals surface area (Å²) in [6.45, 7) is 3.83. The number of rotatable bonds is 6. The zero-order valence-electron chi connectivity index (χ0n) is 11.6. The van der Waals surface area contributed by atoms with Crippen LogP contribution in [0.3, 0.4) is 0 Å². The van der Waals surface area contributed by atoms with Crippen molar-refractivity contribution in [2.45, 2.75) is 38.5 Å². The van der Waals surface area contributed by atoms with E-state index in [1.165, 1.54) is 13.1 Å². The lowest BCUT2D eigenvalue weighted by atomic mass is 9.91. The minimum atomic E-state index is -0.481. The molecule has 1 unspecified atom stereocenters. The molecule has 4 heteroatoms. The molecule has 1 aromatic rings. The highest BCUT2D eigenvalue weighted by Crippen LogP contribution is 2.26. The van der Waals surface area contributed by atoms with E-state index >= 15 is 0 Å². The third-order valence-corrected chi connectivity index (χ3v) is 3.18. The van der Waals surface area contributed by atoms with Gasteiger partial charge in [0, 0.05) is 13.5 Å². The second-order valence-electron chi connectivity index (χ2n) is 4.85. The first kappa shape index (κ1) is 15.3. The Morgan fingerprint density at radius 1 is 1.42 bits per heavy atom. The van der Waals surface area contributed by atoms with E-state index in [1.807, 2.05) is 13.8 Å². The van der Waals surface area contributed by atoms with Gasteiger partial charge in [-0.1, -0.05) is 26.0 Å². The highest BCUT2D eigenvalue weighted by molar-refractivity contribution is 5.83. The molecular formula is C15H20FNO2.